The van der Waals surface area contributed by atoms with E-state index in [4.69, 9.17) is 33.7 Å². The largest absolute Gasteiger partial charge is 0.497 e. The molecule has 148 valence electrons. The summed E-state index contributed by atoms with van der Waals surface area (Å²) in [6.45, 7) is 0. The Morgan fingerprint density at radius 3 is 2.72 bits per heavy atom. The normalized spacial score (nSPS) is 17.8. The molecular weight excluding hydrogens is 433 g/mol. The summed E-state index contributed by atoms with van der Waals surface area (Å²) in [4.78, 5) is 26.4. The summed E-state index contributed by atoms with van der Waals surface area (Å²) in [6, 6.07) is 13.6. The molecular formula is C20H15Cl2N3O3S. The van der Waals surface area contributed by atoms with Crippen molar-refractivity contribution >= 4 is 52.5 Å². The summed E-state index contributed by atoms with van der Waals surface area (Å²) >= 11 is 13.4. The number of halogens is 2. The van der Waals surface area contributed by atoms with Gasteiger partial charge in [0, 0.05) is 16.1 Å². The maximum atomic E-state index is 13.3. The van der Waals surface area contributed by atoms with Crippen LogP contribution >= 0.6 is 35.0 Å². The van der Waals surface area contributed by atoms with Crippen LogP contribution in [0.3, 0.4) is 0 Å². The van der Waals surface area contributed by atoms with Crippen LogP contribution in [0.4, 0.5) is 5.69 Å². The number of nitrogens with zero attached hydrogens (tertiary/aromatic N) is 2. The van der Waals surface area contributed by atoms with Crippen LogP contribution in [-0.2, 0) is 16.0 Å². The highest BCUT2D eigenvalue weighted by molar-refractivity contribution is 8.05. The molecule has 0 radical (unpaired) electrons. The van der Waals surface area contributed by atoms with Gasteiger partial charge in [0.05, 0.1) is 18.0 Å². The lowest BCUT2D eigenvalue weighted by atomic mass is 10.1. The molecule has 6 nitrogen and oxygen atoms in total. The number of methoxy groups -OCH3 is 1. The Morgan fingerprint density at radius 2 is 2.07 bits per heavy atom. The van der Waals surface area contributed by atoms with Gasteiger partial charge in [0.2, 0.25) is 5.91 Å². The van der Waals surface area contributed by atoms with Gasteiger partial charge >= 0.3 is 0 Å². The number of nitrogens with two attached hydrogens (primary N) is 1. The summed E-state index contributed by atoms with van der Waals surface area (Å²) < 4.78 is 5.22. The van der Waals surface area contributed by atoms with Crippen molar-refractivity contribution in [1.29, 1.82) is 5.26 Å². The Hall–Kier alpha value is -2.66. The number of amides is 2. The molecule has 1 aliphatic rings. The topological polar surface area (TPSA) is 96.4 Å². The molecule has 2 amide bonds. The Morgan fingerprint density at radius 1 is 1.31 bits per heavy atom. The second-order valence-electron chi connectivity index (χ2n) is 6.08. The van der Waals surface area contributed by atoms with E-state index >= 15 is 0 Å². The summed E-state index contributed by atoms with van der Waals surface area (Å²) in [6.07, 6.45) is 0.268. The monoisotopic (exact) mass is 447 g/mol. The lowest BCUT2D eigenvalue weighted by molar-refractivity contribution is -0.117. The van der Waals surface area contributed by atoms with E-state index in [0.717, 1.165) is 11.8 Å². The van der Waals surface area contributed by atoms with Crippen LogP contribution in [0, 0.1) is 11.3 Å². The standard InChI is InChI=1S/C20H15Cl2N3O3S/c1-28-14-4-2-3-13(9-14)25-19(27)17(29-20(25)15(10-23)18(24)26)8-11-7-12(21)5-6-16(11)22/h2-7,9,17H,8H2,1H3,(H2,24,26)/b20-15-. The Kier molecular flexibility index (Phi) is 6.38. The molecule has 0 aromatic heterocycles. The first-order valence-corrected chi connectivity index (χ1v) is 10.0. The van der Waals surface area contributed by atoms with E-state index in [2.05, 4.69) is 0 Å². The SMILES string of the molecule is COc1cccc(N2C(=O)C(Cc3cc(Cl)ccc3Cl)S/C2=C(/C#N)C(N)=O)c1. The predicted molar refractivity (Wildman–Crippen MR) is 114 cm³/mol. The van der Waals surface area contributed by atoms with Crippen molar-refractivity contribution in [2.75, 3.05) is 12.0 Å². The van der Waals surface area contributed by atoms with Crippen molar-refractivity contribution in [1.82, 2.24) is 0 Å². The number of ether oxygens (including phenoxy) is 1. The maximum Gasteiger partial charge on any atom is 0.262 e. The van der Waals surface area contributed by atoms with Gasteiger partial charge in [-0.2, -0.15) is 5.26 Å². The van der Waals surface area contributed by atoms with Gasteiger partial charge in [-0.25, -0.2) is 0 Å². The molecule has 9 heteroatoms. The van der Waals surface area contributed by atoms with Crippen LogP contribution in [0.25, 0.3) is 0 Å². The number of primary amides is 1. The molecule has 2 aromatic rings. The number of anilines is 1. The van der Waals surface area contributed by atoms with E-state index in [-0.39, 0.29) is 22.9 Å². The first-order valence-electron chi connectivity index (χ1n) is 8.38. The number of hydrogen-bond donors (Lipinski definition) is 1. The molecule has 2 aromatic carbocycles. The third-order valence-electron chi connectivity index (χ3n) is 4.25. The van der Waals surface area contributed by atoms with Crippen LogP contribution in [0.2, 0.25) is 10.0 Å². The Balaban J connectivity index is 2.07. The average molecular weight is 448 g/mol. The number of hydrogen-bond acceptors (Lipinski definition) is 5. The van der Waals surface area contributed by atoms with Crippen LogP contribution in [-0.4, -0.2) is 24.2 Å². The molecule has 3 rings (SSSR count). The van der Waals surface area contributed by atoms with Gasteiger partial charge in [0.1, 0.15) is 22.4 Å². The zero-order valence-corrected chi connectivity index (χ0v) is 17.5. The molecule has 1 fully saturated rings. The lowest BCUT2D eigenvalue weighted by Crippen LogP contribution is -2.31. The molecule has 0 bridgehead atoms. The second-order valence-corrected chi connectivity index (χ2v) is 8.11. The number of nitriles is 1. The van der Waals surface area contributed by atoms with Crippen molar-refractivity contribution < 1.29 is 14.3 Å². The van der Waals surface area contributed by atoms with E-state index in [1.807, 2.05) is 6.07 Å². The van der Waals surface area contributed by atoms with Crippen LogP contribution < -0.4 is 15.4 Å². The number of thioether (sulfide) groups is 1. The van der Waals surface area contributed by atoms with E-state index in [1.54, 1.807) is 42.5 Å². The molecule has 1 unspecified atom stereocenters. The molecule has 0 saturated carbocycles. The predicted octanol–water partition coefficient (Wildman–Crippen LogP) is 3.91. The van der Waals surface area contributed by atoms with Crippen LogP contribution in [0.1, 0.15) is 5.56 Å². The molecule has 1 heterocycles. The lowest BCUT2D eigenvalue weighted by Gasteiger charge is -2.19. The van der Waals surface area contributed by atoms with E-state index in [9.17, 15) is 14.9 Å². The van der Waals surface area contributed by atoms with E-state index in [1.165, 1.54) is 12.0 Å². The Labute approximate surface area is 181 Å². The fourth-order valence-corrected chi connectivity index (χ4v) is 4.58. The minimum absolute atomic E-state index is 0.182. The van der Waals surface area contributed by atoms with Crippen molar-refractivity contribution in [3.63, 3.8) is 0 Å². The smallest absolute Gasteiger partial charge is 0.262 e. The molecule has 29 heavy (non-hydrogen) atoms. The van der Waals surface area contributed by atoms with E-state index < -0.39 is 11.2 Å². The highest BCUT2D eigenvalue weighted by atomic mass is 35.5. The van der Waals surface area contributed by atoms with Crippen molar-refractivity contribution in [2.24, 2.45) is 5.73 Å². The van der Waals surface area contributed by atoms with Crippen molar-refractivity contribution in [3.05, 3.63) is 68.7 Å². The number of benzene rings is 2. The zero-order chi connectivity index (χ0) is 21.1. The highest BCUT2D eigenvalue weighted by Crippen LogP contribution is 2.43. The van der Waals surface area contributed by atoms with Gasteiger partial charge in [-0.15, -0.1) is 0 Å². The molecule has 1 saturated heterocycles. The van der Waals surface area contributed by atoms with Gasteiger partial charge in [-0.1, -0.05) is 41.0 Å². The maximum absolute atomic E-state index is 13.3. The molecule has 2 N–H and O–H groups in total. The van der Waals surface area contributed by atoms with Gasteiger partial charge in [0.15, 0.2) is 0 Å². The highest BCUT2D eigenvalue weighted by Gasteiger charge is 2.40. The first kappa shape index (κ1) is 21.1. The summed E-state index contributed by atoms with van der Waals surface area (Å²) in [5, 5.41) is 9.98. The molecule has 1 aliphatic heterocycles. The third kappa shape index (κ3) is 4.35. The van der Waals surface area contributed by atoms with Gasteiger partial charge < -0.3 is 10.5 Å². The summed E-state index contributed by atoms with van der Waals surface area (Å²) in [5.74, 6) is -0.681. The first-order chi connectivity index (χ1) is 13.8. The van der Waals surface area contributed by atoms with Crippen molar-refractivity contribution in [3.8, 4) is 11.8 Å². The van der Waals surface area contributed by atoms with Crippen LogP contribution in [0.5, 0.6) is 5.75 Å². The Bertz CT molecular complexity index is 1070. The van der Waals surface area contributed by atoms with Crippen LogP contribution in [0.15, 0.2) is 53.1 Å². The van der Waals surface area contributed by atoms with Crippen molar-refractivity contribution in [2.45, 2.75) is 11.7 Å². The molecule has 0 aliphatic carbocycles. The second kappa shape index (κ2) is 8.78. The summed E-state index contributed by atoms with van der Waals surface area (Å²) in [7, 11) is 1.50. The van der Waals surface area contributed by atoms with Gasteiger partial charge in [-0.3, -0.25) is 14.5 Å². The minimum Gasteiger partial charge on any atom is -0.497 e. The molecule has 1 atom stereocenters. The number of carbonyl (C=O) groups is 2. The minimum atomic E-state index is -0.905. The molecule has 0 spiro atoms. The van der Waals surface area contributed by atoms with E-state index in [0.29, 0.717) is 27.0 Å². The fourth-order valence-electron chi connectivity index (χ4n) is 2.88. The van der Waals surface area contributed by atoms with Gasteiger partial charge in [-0.05, 0) is 42.3 Å². The van der Waals surface area contributed by atoms with Gasteiger partial charge in [0.25, 0.3) is 5.91 Å². The third-order valence-corrected chi connectivity index (χ3v) is 6.12. The average Bonchev–Trinajstić information content (AvgIpc) is 3.01. The summed E-state index contributed by atoms with van der Waals surface area (Å²) in [5.41, 5.74) is 6.24. The number of rotatable bonds is 5. The number of carbonyl (C=O) groups excluding carboxylic acids is 2. The zero-order valence-electron chi connectivity index (χ0n) is 15.2. The quantitative estimate of drug-likeness (QED) is 0.553. The fraction of sp³-hybridized carbons (Fsp3) is 0.150.